The molecule has 0 radical (unpaired) electrons. The summed E-state index contributed by atoms with van der Waals surface area (Å²) in [7, 11) is 6.65. The summed E-state index contributed by atoms with van der Waals surface area (Å²) in [5.41, 5.74) is 0. The second-order valence-corrected chi connectivity index (χ2v) is 6.28. The van der Waals surface area contributed by atoms with E-state index in [1.165, 1.54) is 58.4 Å². The van der Waals surface area contributed by atoms with Gasteiger partial charge in [0.15, 0.2) is 0 Å². The van der Waals surface area contributed by atoms with Gasteiger partial charge >= 0.3 is 0 Å². The third-order valence-corrected chi connectivity index (χ3v) is 4.48. The van der Waals surface area contributed by atoms with E-state index in [1.807, 2.05) is 0 Å². The first-order chi connectivity index (χ1) is 8.15. The molecule has 2 fully saturated rings. The molecule has 3 heteroatoms. The van der Waals surface area contributed by atoms with Gasteiger partial charge in [-0.15, -0.1) is 0 Å². The molecule has 2 saturated heterocycles. The van der Waals surface area contributed by atoms with Gasteiger partial charge in [-0.05, 0) is 78.9 Å². The summed E-state index contributed by atoms with van der Waals surface area (Å²) in [4.78, 5) is 7.57. The largest absolute Gasteiger partial charge is 0.309 e. The molecular formula is C14H29N3. The van der Waals surface area contributed by atoms with Crippen molar-refractivity contribution in [2.45, 2.75) is 31.7 Å². The van der Waals surface area contributed by atoms with E-state index in [2.05, 4.69) is 35.8 Å². The second kappa shape index (κ2) is 6.17. The van der Waals surface area contributed by atoms with Gasteiger partial charge in [-0.25, -0.2) is 0 Å². The number of hydrogen-bond donors (Lipinski definition) is 0. The fourth-order valence-electron chi connectivity index (χ4n) is 3.38. The van der Waals surface area contributed by atoms with Gasteiger partial charge < -0.3 is 14.7 Å². The zero-order valence-electron chi connectivity index (χ0n) is 11.9. The van der Waals surface area contributed by atoms with Crippen molar-refractivity contribution in [1.82, 2.24) is 14.7 Å². The summed E-state index contributed by atoms with van der Waals surface area (Å²) in [6, 6.07) is 0.881. The molecule has 2 rings (SSSR count). The lowest BCUT2D eigenvalue weighted by Gasteiger charge is -2.41. The lowest BCUT2D eigenvalue weighted by Crippen LogP contribution is -2.47. The number of likely N-dealkylation sites (tertiary alicyclic amines) is 2. The monoisotopic (exact) mass is 239 g/mol. The van der Waals surface area contributed by atoms with Crippen molar-refractivity contribution >= 4 is 0 Å². The second-order valence-electron chi connectivity index (χ2n) is 6.28. The van der Waals surface area contributed by atoms with Crippen LogP contribution in [0.4, 0.5) is 0 Å². The van der Waals surface area contributed by atoms with Gasteiger partial charge in [0.2, 0.25) is 0 Å². The number of rotatable bonds is 3. The van der Waals surface area contributed by atoms with Gasteiger partial charge in [0, 0.05) is 12.6 Å². The first-order valence-corrected chi connectivity index (χ1v) is 7.22. The molecule has 0 aromatic carbocycles. The fourth-order valence-corrected chi connectivity index (χ4v) is 3.38. The lowest BCUT2D eigenvalue weighted by molar-refractivity contribution is 0.0796. The van der Waals surface area contributed by atoms with Gasteiger partial charge in [0.05, 0.1) is 0 Å². The standard InChI is InChI=1S/C14H29N3/c1-15(2)12-13-4-10-17(11-5-13)14-6-8-16(3)9-7-14/h13-14H,4-12H2,1-3H3. The first kappa shape index (κ1) is 13.3. The van der Waals surface area contributed by atoms with Gasteiger partial charge in [0.1, 0.15) is 0 Å². The molecule has 17 heavy (non-hydrogen) atoms. The molecule has 0 aromatic rings. The third-order valence-electron chi connectivity index (χ3n) is 4.48. The van der Waals surface area contributed by atoms with E-state index in [0.717, 1.165) is 12.0 Å². The Bertz CT molecular complexity index is 214. The highest BCUT2D eigenvalue weighted by Gasteiger charge is 2.27. The van der Waals surface area contributed by atoms with Crippen molar-refractivity contribution in [2.24, 2.45) is 5.92 Å². The molecule has 0 aromatic heterocycles. The lowest BCUT2D eigenvalue weighted by atomic mass is 9.93. The van der Waals surface area contributed by atoms with Crippen molar-refractivity contribution in [2.75, 3.05) is 53.9 Å². The Morgan fingerprint density at radius 2 is 1.53 bits per heavy atom. The van der Waals surface area contributed by atoms with Gasteiger partial charge in [-0.2, -0.15) is 0 Å². The van der Waals surface area contributed by atoms with Crippen LogP contribution in [0.3, 0.4) is 0 Å². The summed E-state index contributed by atoms with van der Waals surface area (Å²) in [5.74, 6) is 0.938. The molecule has 0 spiro atoms. The summed E-state index contributed by atoms with van der Waals surface area (Å²) in [5, 5.41) is 0. The highest BCUT2D eigenvalue weighted by Crippen LogP contribution is 2.23. The normalized spacial score (nSPS) is 26.8. The van der Waals surface area contributed by atoms with Gasteiger partial charge in [-0.3, -0.25) is 0 Å². The van der Waals surface area contributed by atoms with Crippen LogP contribution in [0.25, 0.3) is 0 Å². The minimum absolute atomic E-state index is 0.881. The Labute approximate surface area is 107 Å². The molecule has 2 aliphatic rings. The van der Waals surface area contributed by atoms with Gasteiger partial charge in [-0.1, -0.05) is 0 Å². The molecule has 0 saturated carbocycles. The molecule has 0 bridgehead atoms. The van der Waals surface area contributed by atoms with Crippen LogP contribution in [-0.4, -0.2) is 74.6 Å². The highest BCUT2D eigenvalue weighted by atomic mass is 15.2. The Morgan fingerprint density at radius 3 is 2.06 bits per heavy atom. The topological polar surface area (TPSA) is 9.72 Å². The van der Waals surface area contributed by atoms with Crippen molar-refractivity contribution in [3.05, 3.63) is 0 Å². The Kier molecular flexibility index (Phi) is 4.83. The molecule has 0 amide bonds. The molecule has 2 heterocycles. The summed E-state index contributed by atoms with van der Waals surface area (Å²) in [6.07, 6.45) is 5.58. The van der Waals surface area contributed by atoms with E-state index >= 15 is 0 Å². The smallest absolute Gasteiger partial charge is 0.0120 e. The predicted molar refractivity (Wildman–Crippen MR) is 73.4 cm³/mol. The highest BCUT2D eigenvalue weighted by molar-refractivity contribution is 4.82. The van der Waals surface area contributed by atoms with Crippen LogP contribution in [0.15, 0.2) is 0 Å². The van der Waals surface area contributed by atoms with Crippen LogP contribution in [0.2, 0.25) is 0 Å². The van der Waals surface area contributed by atoms with Crippen LogP contribution in [-0.2, 0) is 0 Å². The molecule has 0 unspecified atom stereocenters. The van der Waals surface area contributed by atoms with E-state index in [-0.39, 0.29) is 0 Å². The maximum Gasteiger partial charge on any atom is 0.0120 e. The minimum atomic E-state index is 0.881. The van der Waals surface area contributed by atoms with Crippen LogP contribution in [0.5, 0.6) is 0 Å². The van der Waals surface area contributed by atoms with Crippen LogP contribution in [0.1, 0.15) is 25.7 Å². The van der Waals surface area contributed by atoms with Crippen molar-refractivity contribution in [3.8, 4) is 0 Å². The van der Waals surface area contributed by atoms with Crippen LogP contribution < -0.4 is 0 Å². The van der Waals surface area contributed by atoms with Crippen LogP contribution >= 0.6 is 0 Å². The molecule has 0 atom stereocenters. The van der Waals surface area contributed by atoms with E-state index in [4.69, 9.17) is 0 Å². The van der Waals surface area contributed by atoms with Crippen LogP contribution in [0, 0.1) is 5.92 Å². The maximum atomic E-state index is 2.76. The Balaban J connectivity index is 1.71. The molecular weight excluding hydrogens is 210 g/mol. The van der Waals surface area contributed by atoms with E-state index in [0.29, 0.717) is 0 Å². The van der Waals surface area contributed by atoms with E-state index in [1.54, 1.807) is 0 Å². The number of hydrogen-bond acceptors (Lipinski definition) is 3. The molecule has 0 aliphatic carbocycles. The quantitative estimate of drug-likeness (QED) is 0.736. The summed E-state index contributed by atoms with van der Waals surface area (Å²) in [6.45, 7) is 6.55. The Hall–Kier alpha value is -0.120. The van der Waals surface area contributed by atoms with Crippen molar-refractivity contribution in [3.63, 3.8) is 0 Å². The third kappa shape index (κ3) is 3.94. The van der Waals surface area contributed by atoms with E-state index < -0.39 is 0 Å². The number of piperidine rings is 2. The average molecular weight is 239 g/mol. The van der Waals surface area contributed by atoms with E-state index in [9.17, 15) is 0 Å². The van der Waals surface area contributed by atoms with Crippen molar-refractivity contribution < 1.29 is 0 Å². The fraction of sp³-hybridized carbons (Fsp3) is 1.00. The zero-order chi connectivity index (χ0) is 12.3. The summed E-state index contributed by atoms with van der Waals surface area (Å²) >= 11 is 0. The molecule has 100 valence electrons. The van der Waals surface area contributed by atoms with Gasteiger partial charge in [0.25, 0.3) is 0 Å². The average Bonchev–Trinajstić information content (AvgIpc) is 2.30. The van der Waals surface area contributed by atoms with Crippen molar-refractivity contribution in [1.29, 1.82) is 0 Å². The predicted octanol–water partition coefficient (Wildman–Crippen LogP) is 1.35. The molecule has 2 aliphatic heterocycles. The number of nitrogens with zero attached hydrogens (tertiary/aromatic N) is 3. The minimum Gasteiger partial charge on any atom is -0.309 e. The first-order valence-electron chi connectivity index (χ1n) is 7.22. The molecule has 3 nitrogen and oxygen atoms in total. The Morgan fingerprint density at radius 1 is 0.941 bits per heavy atom. The zero-order valence-corrected chi connectivity index (χ0v) is 11.9. The maximum absolute atomic E-state index is 2.76. The SMILES string of the molecule is CN(C)CC1CCN(C2CCN(C)CC2)CC1. The molecule has 0 N–H and O–H groups in total. The summed E-state index contributed by atoms with van der Waals surface area (Å²) < 4.78 is 0.